The molecule has 0 aliphatic heterocycles. The summed E-state index contributed by atoms with van der Waals surface area (Å²) in [5, 5.41) is 15.2. The van der Waals surface area contributed by atoms with Crippen molar-refractivity contribution in [2.75, 3.05) is 6.54 Å². The molecule has 0 aliphatic carbocycles. The Hall–Kier alpha value is -2.41. The predicted octanol–water partition coefficient (Wildman–Crippen LogP) is 2.83. The SMILES string of the molecule is CC(NC(=O)NCC(C)(O)c1ccco1)c1cccc(F)c1F. The van der Waals surface area contributed by atoms with E-state index in [1.807, 2.05) is 0 Å². The molecule has 1 heterocycles. The Bertz CT molecular complexity index is 672. The molecule has 2 amide bonds. The van der Waals surface area contributed by atoms with Crippen molar-refractivity contribution in [3.05, 3.63) is 59.6 Å². The third-order valence-electron chi connectivity index (χ3n) is 3.44. The molecule has 2 atom stereocenters. The molecule has 124 valence electrons. The molecule has 2 aromatic rings. The first-order valence-electron chi connectivity index (χ1n) is 7.06. The summed E-state index contributed by atoms with van der Waals surface area (Å²) >= 11 is 0. The highest BCUT2D eigenvalue weighted by molar-refractivity contribution is 5.74. The van der Waals surface area contributed by atoms with Crippen molar-refractivity contribution in [2.24, 2.45) is 0 Å². The molecule has 0 saturated carbocycles. The molecule has 7 heteroatoms. The van der Waals surface area contributed by atoms with Crippen LogP contribution < -0.4 is 10.6 Å². The second-order valence-electron chi connectivity index (χ2n) is 5.44. The number of hydrogen-bond acceptors (Lipinski definition) is 3. The summed E-state index contributed by atoms with van der Waals surface area (Å²) in [6.45, 7) is 2.91. The fourth-order valence-corrected chi connectivity index (χ4v) is 2.10. The summed E-state index contributed by atoms with van der Waals surface area (Å²) < 4.78 is 32.0. The van der Waals surface area contributed by atoms with Crippen molar-refractivity contribution < 1.29 is 23.1 Å². The highest BCUT2D eigenvalue weighted by atomic mass is 19.2. The minimum Gasteiger partial charge on any atom is -0.466 e. The number of aliphatic hydroxyl groups is 1. The third-order valence-corrected chi connectivity index (χ3v) is 3.44. The summed E-state index contributed by atoms with van der Waals surface area (Å²) in [5.74, 6) is -1.66. The number of carbonyl (C=O) groups excluding carboxylic acids is 1. The molecule has 0 aliphatic rings. The Labute approximate surface area is 132 Å². The zero-order valence-corrected chi connectivity index (χ0v) is 12.8. The number of nitrogens with one attached hydrogen (secondary N) is 2. The molecule has 2 rings (SSSR count). The quantitative estimate of drug-likeness (QED) is 0.792. The zero-order chi connectivity index (χ0) is 17.0. The summed E-state index contributed by atoms with van der Waals surface area (Å²) in [6, 6.07) is 5.62. The molecule has 1 aromatic carbocycles. The van der Waals surface area contributed by atoms with Crippen LogP contribution in [-0.2, 0) is 5.60 Å². The van der Waals surface area contributed by atoms with Crippen molar-refractivity contribution in [1.82, 2.24) is 10.6 Å². The first-order chi connectivity index (χ1) is 10.8. The lowest BCUT2D eigenvalue weighted by Crippen LogP contribution is -2.44. The van der Waals surface area contributed by atoms with E-state index in [4.69, 9.17) is 4.42 Å². The number of urea groups is 1. The highest BCUT2D eigenvalue weighted by Gasteiger charge is 2.27. The number of furan rings is 1. The van der Waals surface area contributed by atoms with Gasteiger partial charge in [-0.05, 0) is 32.0 Å². The van der Waals surface area contributed by atoms with E-state index in [-0.39, 0.29) is 12.1 Å². The minimum absolute atomic E-state index is 0.0398. The lowest BCUT2D eigenvalue weighted by Gasteiger charge is -2.22. The number of hydrogen-bond donors (Lipinski definition) is 3. The molecule has 1 aromatic heterocycles. The van der Waals surface area contributed by atoms with Gasteiger partial charge in [0.25, 0.3) is 0 Å². The fraction of sp³-hybridized carbons (Fsp3) is 0.312. The number of rotatable bonds is 5. The van der Waals surface area contributed by atoms with Crippen LogP contribution >= 0.6 is 0 Å². The van der Waals surface area contributed by atoms with Gasteiger partial charge < -0.3 is 20.2 Å². The third kappa shape index (κ3) is 4.07. The Morgan fingerprint density at radius 2 is 2.09 bits per heavy atom. The van der Waals surface area contributed by atoms with Gasteiger partial charge in [-0.3, -0.25) is 0 Å². The molecule has 23 heavy (non-hydrogen) atoms. The topological polar surface area (TPSA) is 74.5 Å². The van der Waals surface area contributed by atoms with E-state index in [1.54, 1.807) is 12.1 Å². The van der Waals surface area contributed by atoms with Gasteiger partial charge in [-0.1, -0.05) is 12.1 Å². The van der Waals surface area contributed by atoms with Gasteiger partial charge in [0.1, 0.15) is 11.4 Å². The van der Waals surface area contributed by atoms with E-state index < -0.39 is 29.3 Å². The maximum absolute atomic E-state index is 13.7. The zero-order valence-electron chi connectivity index (χ0n) is 12.8. The Morgan fingerprint density at radius 1 is 1.35 bits per heavy atom. The monoisotopic (exact) mass is 324 g/mol. The van der Waals surface area contributed by atoms with Gasteiger partial charge in [0.2, 0.25) is 0 Å². The molecule has 2 unspecified atom stereocenters. The van der Waals surface area contributed by atoms with Gasteiger partial charge >= 0.3 is 6.03 Å². The standard InChI is InChI=1S/C16H18F2N2O3/c1-10(11-5-3-6-12(17)14(11)18)20-15(21)19-9-16(2,22)13-7-4-8-23-13/h3-8,10,22H,9H2,1-2H3,(H2,19,20,21). The van der Waals surface area contributed by atoms with Crippen molar-refractivity contribution in [3.63, 3.8) is 0 Å². The van der Waals surface area contributed by atoms with Gasteiger partial charge in [-0.25, -0.2) is 13.6 Å². The molecule has 0 saturated heterocycles. The average molecular weight is 324 g/mol. The van der Waals surface area contributed by atoms with Crippen LogP contribution in [0, 0.1) is 11.6 Å². The lowest BCUT2D eigenvalue weighted by atomic mass is 10.0. The van der Waals surface area contributed by atoms with Crippen molar-refractivity contribution in [2.45, 2.75) is 25.5 Å². The number of carbonyl (C=O) groups is 1. The van der Waals surface area contributed by atoms with Crippen LogP contribution in [0.15, 0.2) is 41.0 Å². The van der Waals surface area contributed by atoms with Crippen LogP contribution in [0.5, 0.6) is 0 Å². The first kappa shape index (κ1) is 17.0. The summed E-state index contributed by atoms with van der Waals surface area (Å²) in [7, 11) is 0. The van der Waals surface area contributed by atoms with E-state index in [9.17, 15) is 18.7 Å². The van der Waals surface area contributed by atoms with Gasteiger partial charge in [-0.2, -0.15) is 0 Å². The number of benzene rings is 1. The second-order valence-corrected chi connectivity index (χ2v) is 5.44. The van der Waals surface area contributed by atoms with E-state index in [0.29, 0.717) is 5.76 Å². The highest BCUT2D eigenvalue weighted by Crippen LogP contribution is 2.20. The van der Waals surface area contributed by atoms with Crippen LogP contribution in [0.2, 0.25) is 0 Å². The van der Waals surface area contributed by atoms with Crippen LogP contribution in [0.3, 0.4) is 0 Å². The van der Waals surface area contributed by atoms with E-state index in [0.717, 1.165) is 6.07 Å². The second kappa shape index (κ2) is 6.78. The van der Waals surface area contributed by atoms with Gasteiger partial charge in [-0.15, -0.1) is 0 Å². The molecule has 3 N–H and O–H groups in total. The fourth-order valence-electron chi connectivity index (χ4n) is 2.10. The lowest BCUT2D eigenvalue weighted by molar-refractivity contribution is 0.0366. The van der Waals surface area contributed by atoms with Crippen molar-refractivity contribution >= 4 is 6.03 Å². The van der Waals surface area contributed by atoms with E-state index in [2.05, 4.69) is 10.6 Å². The molecule has 0 radical (unpaired) electrons. The number of amides is 2. The molecule has 0 bridgehead atoms. The van der Waals surface area contributed by atoms with Gasteiger partial charge in [0.05, 0.1) is 18.8 Å². The van der Waals surface area contributed by atoms with Gasteiger partial charge in [0, 0.05) is 5.56 Å². The normalized spacial score (nSPS) is 14.8. The first-order valence-corrected chi connectivity index (χ1v) is 7.06. The van der Waals surface area contributed by atoms with Crippen LogP contribution in [-0.4, -0.2) is 17.7 Å². The van der Waals surface area contributed by atoms with E-state index in [1.165, 1.54) is 32.2 Å². The Morgan fingerprint density at radius 3 is 2.74 bits per heavy atom. The molecule has 5 nitrogen and oxygen atoms in total. The van der Waals surface area contributed by atoms with Crippen LogP contribution in [0.4, 0.5) is 13.6 Å². The maximum atomic E-state index is 13.7. The summed E-state index contributed by atoms with van der Waals surface area (Å²) in [5.41, 5.74) is -1.34. The van der Waals surface area contributed by atoms with Crippen LogP contribution in [0.1, 0.15) is 31.2 Å². The summed E-state index contributed by atoms with van der Waals surface area (Å²) in [6.07, 6.45) is 1.42. The smallest absolute Gasteiger partial charge is 0.315 e. The minimum atomic E-state index is -1.38. The summed E-state index contributed by atoms with van der Waals surface area (Å²) in [4.78, 5) is 11.9. The van der Waals surface area contributed by atoms with E-state index >= 15 is 0 Å². The average Bonchev–Trinajstić information content (AvgIpc) is 3.03. The van der Waals surface area contributed by atoms with Crippen molar-refractivity contribution in [1.29, 1.82) is 0 Å². The van der Waals surface area contributed by atoms with Gasteiger partial charge in [0.15, 0.2) is 11.6 Å². The maximum Gasteiger partial charge on any atom is 0.315 e. The Balaban J connectivity index is 1.93. The number of halogens is 2. The molecular weight excluding hydrogens is 306 g/mol. The molecule has 0 fully saturated rings. The Kier molecular flexibility index (Phi) is 5.00. The largest absolute Gasteiger partial charge is 0.466 e. The molecular formula is C16H18F2N2O3. The predicted molar refractivity (Wildman–Crippen MR) is 79.6 cm³/mol. The molecule has 0 spiro atoms. The van der Waals surface area contributed by atoms with Crippen LogP contribution in [0.25, 0.3) is 0 Å². The van der Waals surface area contributed by atoms with Crippen molar-refractivity contribution in [3.8, 4) is 0 Å².